The highest BCUT2D eigenvalue weighted by molar-refractivity contribution is 6.30. The van der Waals surface area contributed by atoms with Crippen LogP contribution in [0.4, 0.5) is 0 Å². The van der Waals surface area contributed by atoms with Crippen LogP contribution in [0.25, 0.3) is 0 Å². The minimum atomic E-state index is 0.346. The monoisotopic (exact) mass is 445 g/mol. The first-order valence-corrected chi connectivity index (χ1v) is 11.7. The van der Waals surface area contributed by atoms with Gasteiger partial charge in [-0.25, -0.2) is 4.99 Å². The molecule has 1 fully saturated rings. The van der Waals surface area contributed by atoms with E-state index in [1.165, 1.54) is 18.4 Å². The van der Waals surface area contributed by atoms with E-state index in [0.717, 1.165) is 55.1 Å². The third-order valence-corrected chi connectivity index (χ3v) is 6.35. The van der Waals surface area contributed by atoms with Crippen LogP contribution >= 0.6 is 11.6 Å². The van der Waals surface area contributed by atoms with Crippen molar-refractivity contribution in [2.45, 2.75) is 52.1 Å². The molecule has 1 aliphatic rings. The van der Waals surface area contributed by atoms with Crippen molar-refractivity contribution in [1.82, 2.24) is 30.3 Å². The van der Waals surface area contributed by atoms with Gasteiger partial charge in [0.2, 0.25) is 0 Å². The smallest absolute Gasteiger partial charge is 0.191 e. The van der Waals surface area contributed by atoms with Crippen LogP contribution in [0.3, 0.4) is 0 Å². The predicted octanol–water partition coefficient (Wildman–Crippen LogP) is 3.70. The second-order valence-corrected chi connectivity index (χ2v) is 8.87. The highest BCUT2D eigenvalue weighted by atomic mass is 35.5. The number of benzene rings is 1. The molecule has 2 atom stereocenters. The molecule has 7 nitrogen and oxygen atoms in total. The Morgan fingerprint density at radius 3 is 2.81 bits per heavy atom. The van der Waals surface area contributed by atoms with E-state index >= 15 is 0 Å². The quantitative estimate of drug-likeness (QED) is 0.368. The fraction of sp³-hybridized carbons (Fsp3) is 0.609. The fourth-order valence-corrected chi connectivity index (χ4v) is 4.41. The highest BCUT2D eigenvalue weighted by Gasteiger charge is 2.30. The Morgan fingerprint density at radius 1 is 1.26 bits per heavy atom. The molecule has 2 N–H and O–H groups in total. The zero-order valence-corrected chi connectivity index (χ0v) is 20.0. The second-order valence-electron chi connectivity index (χ2n) is 8.43. The Bertz CT molecular complexity index is 863. The van der Waals surface area contributed by atoms with Crippen LogP contribution in [-0.4, -0.2) is 52.3 Å². The molecule has 2 aromatic rings. The molecule has 2 unspecified atom stereocenters. The summed E-state index contributed by atoms with van der Waals surface area (Å²) in [6.07, 6.45) is 4.64. The maximum atomic E-state index is 6.30. The van der Waals surface area contributed by atoms with Crippen molar-refractivity contribution in [3.05, 3.63) is 46.5 Å². The number of aromatic nitrogens is 3. The van der Waals surface area contributed by atoms with Gasteiger partial charge in [0.25, 0.3) is 0 Å². The van der Waals surface area contributed by atoms with E-state index in [2.05, 4.69) is 51.8 Å². The number of unbranched alkanes of at least 4 members (excludes halogenated alkanes) is 1. The number of guanidine groups is 1. The van der Waals surface area contributed by atoms with Gasteiger partial charge in [0.05, 0.1) is 0 Å². The molecule has 0 amide bonds. The summed E-state index contributed by atoms with van der Waals surface area (Å²) in [5.74, 6) is 3.08. The molecule has 31 heavy (non-hydrogen) atoms. The highest BCUT2D eigenvalue weighted by Crippen LogP contribution is 2.35. The Morgan fingerprint density at radius 2 is 2.10 bits per heavy atom. The Kier molecular flexibility index (Phi) is 8.72. The molecule has 170 valence electrons. The lowest BCUT2D eigenvalue weighted by molar-refractivity contribution is 0.122. The van der Waals surface area contributed by atoms with E-state index in [1.807, 2.05) is 30.7 Å². The average Bonchev–Trinajstić information content (AvgIpc) is 3.07. The Balaban J connectivity index is 1.70. The zero-order chi connectivity index (χ0) is 22.2. The number of aryl methyl sites for hydroxylation is 1. The van der Waals surface area contributed by atoms with Gasteiger partial charge in [0.1, 0.15) is 12.4 Å². The first-order valence-electron chi connectivity index (χ1n) is 11.3. The molecule has 0 spiro atoms. The maximum absolute atomic E-state index is 6.30. The number of hydrogen-bond donors (Lipinski definition) is 2. The second kappa shape index (κ2) is 11.5. The fourth-order valence-electron chi connectivity index (χ4n) is 4.21. The molecule has 1 saturated heterocycles. The molecule has 0 radical (unpaired) electrons. The van der Waals surface area contributed by atoms with E-state index in [4.69, 9.17) is 16.6 Å². The Labute approximate surface area is 191 Å². The van der Waals surface area contributed by atoms with Gasteiger partial charge in [-0.05, 0) is 63.4 Å². The molecule has 1 aromatic carbocycles. The number of aliphatic imine (C=N–C) groups is 1. The molecule has 2 heterocycles. The summed E-state index contributed by atoms with van der Waals surface area (Å²) in [4.78, 5) is 7.24. The number of rotatable bonds is 8. The molecular formula is C23H36ClN7. The number of halogens is 1. The van der Waals surface area contributed by atoms with Crippen LogP contribution in [0.5, 0.6) is 0 Å². The van der Waals surface area contributed by atoms with Crippen molar-refractivity contribution in [2.75, 3.05) is 26.7 Å². The van der Waals surface area contributed by atoms with E-state index in [0.29, 0.717) is 18.5 Å². The van der Waals surface area contributed by atoms with Crippen molar-refractivity contribution in [2.24, 2.45) is 18.0 Å². The predicted molar refractivity (Wildman–Crippen MR) is 127 cm³/mol. The maximum Gasteiger partial charge on any atom is 0.191 e. The van der Waals surface area contributed by atoms with Gasteiger partial charge in [-0.3, -0.25) is 4.90 Å². The van der Waals surface area contributed by atoms with Crippen LogP contribution in [0, 0.1) is 12.8 Å². The van der Waals surface area contributed by atoms with Crippen LogP contribution in [0.2, 0.25) is 5.02 Å². The van der Waals surface area contributed by atoms with Gasteiger partial charge >= 0.3 is 0 Å². The lowest BCUT2D eigenvalue weighted by Crippen LogP contribution is -2.45. The van der Waals surface area contributed by atoms with Gasteiger partial charge in [-0.15, -0.1) is 10.2 Å². The molecular weight excluding hydrogens is 410 g/mol. The molecule has 8 heteroatoms. The van der Waals surface area contributed by atoms with Gasteiger partial charge in [-0.1, -0.05) is 37.1 Å². The van der Waals surface area contributed by atoms with Crippen molar-refractivity contribution in [3.63, 3.8) is 0 Å². The van der Waals surface area contributed by atoms with Crippen molar-refractivity contribution < 1.29 is 0 Å². The van der Waals surface area contributed by atoms with Gasteiger partial charge in [0.15, 0.2) is 11.8 Å². The van der Waals surface area contributed by atoms with Gasteiger partial charge < -0.3 is 15.2 Å². The standard InChI is InChI=1S/C23H36ClN7/c1-5-6-12-25-23(27-16-21-29-28-17(2)31(21)4)26-15-19-10-8-13-30(3)22(19)18-9-7-11-20(24)14-18/h7,9,11,14,19,22H,5-6,8,10,12-13,15-16H2,1-4H3,(H2,25,26,27). The third-order valence-electron chi connectivity index (χ3n) is 6.11. The summed E-state index contributed by atoms with van der Waals surface area (Å²) in [5.41, 5.74) is 1.29. The summed E-state index contributed by atoms with van der Waals surface area (Å²) >= 11 is 6.30. The van der Waals surface area contributed by atoms with Crippen molar-refractivity contribution in [1.29, 1.82) is 0 Å². The molecule has 0 bridgehead atoms. The largest absolute Gasteiger partial charge is 0.356 e. The molecule has 3 rings (SSSR count). The number of nitrogens with zero attached hydrogens (tertiary/aromatic N) is 5. The third kappa shape index (κ3) is 6.43. The molecule has 1 aliphatic heterocycles. The number of hydrogen-bond acceptors (Lipinski definition) is 4. The number of piperidine rings is 1. The first-order chi connectivity index (χ1) is 15.0. The first kappa shape index (κ1) is 23.5. The molecule has 0 aliphatic carbocycles. The van der Waals surface area contributed by atoms with Crippen LogP contribution in [0.1, 0.15) is 55.9 Å². The minimum Gasteiger partial charge on any atom is -0.356 e. The zero-order valence-electron chi connectivity index (χ0n) is 19.2. The summed E-state index contributed by atoms with van der Waals surface area (Å²) in [5, 5.41) is 16.2. The number of nitrogens with one attached hydrogen (secondary N) is 2. The van der Waals surface area contributed by atoms with Crippen LogP contribution in [-0.2, 0) is 13.6 Å². The molecule has 0 saturated carbocycles. The van der Waals surface area contributed by atoms with E-state index < -0.39 is 0 Å². The lowest BCUT2D eigenvalue weighted by atomic mass is 9.85. The van der Waals surface area contributed by atoms with E-state index in [1.54, 1.807) is 0 Å². The van der Waals surface area contributed by atoms with Crippen LogP contribution < -0.4 is 10.6 Å². The topological polar surface area (TPSA) is 70.4 Å². The lowest BCUT2D eigenvalue weighted by Gasteiger charge is -2.40. The summed E-state index contributed by atoms with van der Waals surface area (Å²) < 4.78 is 1.98. The minimum absolute atomic E-state index is 0.346. The summed E-state index contributed by atoms with van der Waals surface area (Å²) in [7, 11) is 4.19. The number of likely N-dealkylation sites (tertiary alicyclic amines) is 1. The average molecular weight is 446 g/mol. The Hall–Kier alpha value is -2.12. The van der Waals surface area contributed by atoms with Gasteiger partial charge in [-0.2, -0.15) is 0 Å². The summed E-state index contributed by atoms with van der Waals surface area (Å²) in [6.45, 7) is 7.52. The summed E-state index contributed by atoms with van der Waals surface area (Å²) in [6, 6.07) is 8.63. The van der Waals surface area contributed by atoms with Gasteiger partial charge in [0, 0.05) is 31.2 Å². The molecule has 1 aromatic heterocycles. The van der Waals surface area contributed by atoms with E-state index in [-0.39, 0.29) is 0 Å². The SMILES string of the molecule is CCCCNC(=NCc1nnc(C)n1C)NCC1CCCN(C)C1c1cccc(Cl)c1. The normalized spacial score (nSPS) is 20.1. The van der Waals surface area contributed by atoms with E-state index in [9.17, 15) is 0 Å². The van der Waals surface area contributed by atoms with Crippen molar-refractivity contribution >= 4 is 17.6 Å². The van der Waals surface area contributed by atoms with Crippen molar-refractivity contribution in [3.8, 4) is 0 Å². The van der Waals surface area contributed by atoms with Crippen LogP contribution in [0.15, 0.2) is 29.3 Å².